The van der Waals surface area contributed by atoms with Gasteiger partial charge in [-0.3, -0.25) is 0 Å². The summed E-state index contributed by atoms with van der Waals surface area (Å²) in [5, 5.41) is 1.41. The zero-order valence-corrected chi connectivity index (χ0v) is 14.7. The van der Waals surface area contributed by atoms with Crippen molar-refractivity contribution in [3.8, 4) is 0 Å². The van der Waals surface area contributed by atoms with E-state index in [1.54, 1.807) is 0 Å². The molecular weight excluding hydrogens is 292 g/mol. The molecule has 0 spiro atoms. The molecule has 0 N–H and O–H groups in total. The molecule has 0 radical (unpaired) electrons. The Morgan fingerprint density at radius 1 is 1.04 bits per heavy atom. The smallest absolute Gasteiger partial charge is 0.0489 e. The highest BCUT2D eigenvalue weighted by Gasteiger charge is 2.17. The van der Waals surface area contributed by atoms with E-state index in [4.69, 9.17) is 0 Å². The zero-order chi connectivity index (χ0) is 16.7. The topological polar surface area (TPSA) is 8.17 Å². The van der Waals surface area contributed by atoms with Crippen molar-refractivity contribution in [2.75, 3.05) is 11.9 Å². The van der Waals surface area contributed by atoms with E-state index in [1.807, 2.05) is 0 Å². The monoisotopic (exact) mass is 316 g/mol. The fraction of sp³-hybridized carbons (Fsp3) is 0.273. The van der Waals surface area contributed by atoms with Crippen LogP contribution in [0.25, 0.3) is 17.0 Å². The third kappa shape index (κ3) is 2.34. The maximum atomic E-state index is 2.44. The van der Waals surface area contributed by atoms with Crippen molar-refractivity contribution >= 4 is 28.4 Å². The molecule has 1 aliphatic carbocycles. The Labute approximate surface area is 144 Å². The average molecular weight is 316 g/mol. The number of allylic oxidation sites excluding steroid dienone is 1. The van der Waals surface area contributed by atoms with Gasteiger partial charge >= 0.3 is 0 Å². The van der Waals surface area contributed by atoms with Crippen LogP contribution in [-0.4, -0.2) is 11.6 Å². The van der Waals surface area contributed by atoms with Crippen LogP contribution in [0.4, 0.5) is 11.4 Å². The molecule has 0 bridgehead atoms. The summed E-state index contributed by atoms with van der Waals surface area (Å²) < 4.78 is 2.44. The number of aromatic nitrogens is 1. The summed E-state index contributed by atoms with van der Waals surface area (Å²) in [6.45, 7) is 5.38. The molecule has 0 saturated carbocycles. The Morgan fingerprint density at radius 2 is 1.79 bits per heavy atom. The zero-order valence-electron chi connectivity index (χ0n) is 14.7. The van der Waals surface area contributed by atoms with Gasteiger partial charge in [-0.25, -0.2) is 0 Å². The molecule has 0 fully saturated rings. The number of aryl methyl sites for hydroxylation is 3. The third-order valence-corrected chi connectivity index (χ3v) is 5.16. The summed E-state index contributed by atoms with van der Waals surface area (Å²) in [6, 6.07) is 15.6. The van der Waals surface area contributed by atoms with E-state index in [1.165, 1.54) is 39.1 Å². The van der Waals surface area contributed by atoms with Gasteiger partial charge in [-0.2, -0.15) is 0 Å². The first-order chi connectivity index (χ1) is 11.7. The summed E-state index contributed by atoms with van der Waals surface area (Å²) in [6.07, 6.45) is 6.89. The van der Waals surface area contributed by atoms with Gasteiger partial charge in [-0.05, 0) is 68.7 Å². The van der Waals surface area contributed by atoms with Gasteiger partial charge in [0.25, 0.3) is 0 Å². The first-order valence-electron chi connectivity index (χ1n) is 8.81. The fourth-order valence-corrected chi connectivity index (χ4v) is 3.77. The predicted molar refractivity (Wildman–Crippen MR) is 104 cm³/mol. The molecule has 1 heterocycles. The van der Waals surface area contributed by atoms with Crippen LogP contribution >= 0.6 is 0 Å². The predicted octanol–water partition coefficient (Wildman–Crippen LogP) is 5.70. The van der Waals surface area contributed by atoms with E-state index in [-0.39, 0.29) is 0 Å². The van der Waals surface area contributed by atoms with Crippen molar-refractivity contribution in [1.82, 2.24) is 4.57 Å². The van der Waals surface area contributed by atoms with Crippen molar-refractivity contribution in [2.45, 2.75) is 33.2 Å². The molecule has 2 nitrogen and oxygen atoms in total. The first kappa shape index (κ1) is 15.1. The molecule has 0 unspecified atom stereocenters. The molecule has 0 atom stereocenters. The van der Waals surface area contributed by atoms with E-state index in [2.05, 4.69) is 85.0 Å². The summed E-state index contributed by atoms with van der Waals surface area (Å²) in [5.41, 5.74) is 8.03. The second kappa shape index (κ2) is 5.86. The van der Waals surface area contributed by atoms with Crippen LogP contribution in [0.1, 0.15) is 30.2 Å². The first-order valence-corrected chi connectivity index (χ1v) is 8.81. The highest BCUT2D eigenvalue weighted by Crippen LogP contribution is 2.35. The standard InChI is InChI=1S/C22H24N2/c1-4-24-21-8-6-5-7-19(21)20-15-18(13-14-22(20)24)23(3)17-11-9-16(2)10-12-17/h6,8-15H,4-5,7H2,1-3H3. The Hall–Kier alpha value is -2.48. The summed E-state index contributed by atoms with van der Waals surface area (Å²) in [7, 11) is 2.15. The van der Waals surface area contributed by atoms with E-state index >= 15 is 0 Å². The van der Waals surface area contributed by atoms with Crippen molar-refractivity contribution in [3.63, 3.8) is 0 Å². The van der Waals surface area contributed by atoms with Crippen LogP contribution in [-0.2, 0) is 13.0 Å². The largest absolute Gasteiger partial charge is 0.345 e. The lowest BCUT2D eigenvalue weighted by molar-refractivity contribution is 0.778. The van der Waals surface area contributed by atoms with Gasteiger partial charge in [-0.1, -0.05) is 23.8 Å². The Balaban J connectivity index is 1.83. The molecular formula is C22H24N2. The van der Waals surface area contributed by atoms with E-state index in [9.17, 15) is 0 Å². The van der Waals surface area contributed by atoms with Gasteiger partial charge in [0.1, 0.15) is 0 Å². The second-order valence-electron chi connectivity index (χ2n) is 6.65. The number of rotatable bonds is 3. The number of fused-ring (bicyclic) bond motifs is 3. The van der Waals surface area contributed by atoms with Crippen LogP contribution in [0.2, 0.25) is 0 Å². The average Bonchev–Trinajstić information content (AvgIpc) is 2.95. The van der Waals surface area contributed by atoms with Crippen LogP contribution < -0.4 is 4.90 Å². The van der Waals surface area contributed by atoms with Gasteiger partial charge in [-0.15, -0.1) is 0 Å². The number of anilines is 2. The Bertz CT molecular complexity index is 913. The molecule has 0 aliphatic heterocycles. The quantitative estimate of drug-likeness (QED) is 0.602. The lowest BCUT2D eigenvalue weighted by Crippen LogP contribution is -2.09. The van der Waals surface area contributed by atoms with Gasteiger partial charge in [0.2, 0.25) is 0 Å². The lowest BCUT2D eigenvalue weighted by atomic mass is 10.0. The second-order valence-corrected chi connectivity index (χ2v) is 6.65. The van der Waals surface area contributed by atoms with Crippen LogP contribution in [0.15, 0.2) is 48.5 Å². The maximum Gasteiger partial charge on any atom is 0.0489 e. The lowest BCUT2D eigenvalue weighted by Gasteiger charge is -2.20. The molecule has 1 aliphatic rings. The van der Waals surface area contributed by atoms with Crippen molar-refractivity contribution < 1.29 is 0 Å². The summed E-state index contributed by atoms with van der Waals surface area (Å²) in [4.78, 5) is 2.27. The van der Waals surface area contributed by atoms with Gasteiger partial charge in [0, 0.05) is 41.6 Å². The van der Waals surface area contributed by atoms with E-state index in [0.717, 1.165) is 19.4 Å². The molecule has 0 amide bonds. The minimum atomic E-state index is 1.02. The number of nitrogens with zero attached hydrogens (tertiary/aromatic N) is 2. The highest BCUT2D eigenvalue weighted by molar-refractivity contribution is 5.92. The van der Waals surface area contributed by atoms with E-state index in [0.29, 0.717) is 0 Å². The number of hydrogen-bond acceptors (Lipinski definition) is 1. The normalized spacial score (nSPS) is 13.3. The maximum absolute atomic E-state index is 2.44. The molecule has 2 heteroatoms. The molecule has 24 heavy (non-hydrogen) atoms. The fourth-order valence-electron chi connectivity index (χ4n) is 3.77. The number of benzene rings is 2. The van der Waals surface area contributed by atoms with Crippen molar-refractivity contribution in [1.29, 1.82) is 0 Å². The Morgan fingerprint density at radius 3 is 2.54 bits per heavy atom. The van der Waals surface area contributed by atoms with Crippen LogP contribution in [0, 0.1) is 6.92 Å². The van der Waals surface area contributed by atoms with Gasteiger partial charge < -0.3 is 9.47 Å². The van der Waals surface area contributed by atoms with Crippen LogP contribution in [0.5, 0.6) is 0 Å². The molecule has 3 aromatic rings. The molecule has 122 valence electrons. The summed E-state index contributed by atoms with van der Waals surface area (Å²) >= 11 is 0. The molecule has 4 rings (SSSR count). The number of hydrogen-bond donors (Lipinski definition) is 0. The van der Waals surface area contributed by atoms with Crippen LogP contribution in [0.3, 0.4) is 0 Å². The minimum Gasteiger partial charge on any atom is -0.345 e. The molecule has 1 aromatic heterocycles. The third-order valence-electron chi connectivity index (χ3n) is 5.16. The molecule has 2 aromatic carbocycles. The van der Waals surface area contributed by atoms with Crippen molar-refractivity contribution in [2.24, 2.45) is 0 Å². The van der Waals surface area contributed by atoms with Gasteiger partial charge in [0.05, 0.1) is 0 Å². The van der Waals surface area contributed by atoms with E-state index < -0.39 is 0 Å². The summed E-state index contributed by atoms with van der Waals surface area (Å²) in [5.74, 6) is 0. The highest BCUT2D eigenvalue weighted by atomic mass is 15.1. The SMILES string of the molecule is CCn1c2c(c3cc(N(C)c4ccc(C)cc4)ccc31)CCC=C2. The Kier molecular flexibility index (Phi) is 3.68. The van der Waals surface area contributed by atoms with Crippen molar-refractivity contribution in [3.05, 3.63) is 65.4 Å². The molecule has 0 saturated heterocycles. The van der Waals surface area contributed by atoms with Gasteiger partial charge in [0.15, 0.2) is 0 Å². The minimum absolute atomic E-state index is 1.02.